The zero-order chi connectivity index (χ0) is 12.4. The summed E-state index contributed by atoms with van der Waals surface area (Å²) >= 11 is 0. The van der Waals surface area contributed by atoms with Crippen LogP contribution in [0.15, 0.2) is 12.1 Å². The van der Waals surface area contributed by atoms with Gasteiger partial charge in [0.1, 0.15) is 0 Å². The van der Waals surface area contributed by atoms with Crippen LogP contribution in [0.1, 0.15) is 11.7 Å². The van der Waals surface area contributed by atoms with Gasteiger partial charge in [0, 0.05) is 18.0 Å². The lowest BCUT2D eigenvalue weighted by molar-refractivity contribution is 0.114. The van der Waals surface area contributed by atoms with Gasteiger partial charge >= 0.3 is 0 Å². The Bertz CT molecular complexity index is 409. The van der Waals surface area contributed by atoms with Crippen molar-refractivity contribution in [1.82, 2.24) is 0 Å². The molecule has 0 unspecified atom stereocenters. The summed E-state index contributed by atoms with van der Waals surface area (Å²) in [5, 5.41) is 13.4. The van der Waals surface area contributed by atoms with Gasteiger partial charge < -0.3 is 25.6 Å². The maximum atomic E-state index is 10.2. The summed E-state index contributed by atoms with van der Waals surface area (Å²) in [5.74, 6) is 1.30. The molecule has 2 atom stereocenters. The van der Waals surface area contributed by atoms with Crippen LogP contribution >= 0.6 is 0 Å². The molecule has 0 radical (unpaired) electrons. The smallest absolute Gasteiger partial charge is 0.184 e. The first-order valence-electron chi connectivity index (χ1n) is 5.59. The molecule has 0 spiro atoms. The monoisotopic (exact) mass is 238 g/mol. The number of nitrogens with two attached hydrogens (primary N) is 1. The third kappa shape index (κ3) is 1.92. The summed E-state index contributed by atoms with van der Waals surface area (Å²) < 4.78 is 10.5. The number of ether oxygens (including phenoxy) is 2. The molecule has 1 aromatic carbocycles. The summed E-state index contributed by atoms with van der Waals surface area (Å²) in [5.41, 5.74) is 7.23. The summed E-state index contributed by atoms with van der Waals surface area (Å²) in [7, 11) is 3.17. The van der Waals surface area contributed by atoms with Crippen LogP contribution in [0.25, 0.3) is 0 Å². The van der Waals surface area contributed by atoms with Gasteiger partial charge in [0.05, 0.1) is 26.0 Å². The van der Waals surface area contributed by atoms with Crippen LogP contribution in [0.3, 0.4) is 0 Å². The molecule has 0 amide bonds. The minimum absolute atomic E-state index is 0.0283. The van der Waals surface area contributed by atoms with Crippen LogP contribution in [0, 0.1) is 5.92 Å². The third-order valence-electron chi connectivity index (χ3n) is 3.19. The number of methoxy groups -OCH3 is 2. The number of nitrogens with one attached hydrogen (secondary N) is 1. The minimum atomic E-state index is -0.559. The molecule has 1 heterocycles. The quantitative estimate of drug-likeness (QED) is 0.724. The highest BCUT2D eigenvalue weighted by Crippen LogP contribution is 2.44. The largest absolute Gasteiger partial charge is 0.493 e. The Labute approximate surface area is 101 Å². The normalized spacial score (nSPS) is 22.6. The van der Waals surface area contributed by atoms with Crippen molar-refractivity contribution in [2.24, 2.45) is 11.7 Å². The van der Waals surface area contributed by atoms with Crippen LogP contribution in [-0.4, -0.2) is 32.4 Å². The van der Waals surface area contributed by atoms with Crippen molar-refractivity contribution >= 4 is 5.69 Å². The predicted octanol–water partition coefficient (Wildman–Crippen LogP) is 0.738. The molecule has 5 heteroatoms. The van der Waals surface area contributed by atoms with E-state index in [0.717, 1.165) is 11.3 Å². The summed E-state index contributed by atoms with van der Waals surface area (Å²) in [6.45, 7) is 1.08. The second-order valence-electron chi connectivity index (χ2n) is 4.09. The van der Waals surface area contributed by atoms with E-state index in [9.17, 15) is 5.11 Å². The maximum absolute atomic E-state index is 10.2. The molecular weight excluding hydrogens is 220 g/mol. The van der Waals surface area contributed by atoms with Gasteiger partial charge in [0.2, 0.25) is 0 Å². The number of hydrogen-bond acceptors (Lipinski definition) is 5. The van der Waals surface area contributed by atoms with Crippen molar-refractivity contribution in [1.29, 1.82) is 0 Å². The van der Waals surface area contributed by atoms with E-state index >= 15 is 0 Å². The second-order valence-corrected chi connectivity index (χ2v) is 4.09. The highest BCUT2D eigenvalue weighted by molar-refractivity contribution is 5.69. The molecule has 5 nitrogen and oxygen atoms in total. The third-order valence-corrected chi connectivity index (χ3v) is 3.19. The Morgan fingerprint density at radius 3 is 2.76 bits per heavy atom. The number of aliphatic hydroxyl groups is 1. The van der Waals surface area contributed by atoms with Crippen molar-refractivity contribution in [3.8, 4) is 11.5 Å². The van der Waals surface area contributed by atoms with Crippen molar-refractivity contribution < 1.29 is 14.6 Å². The number of benzene rings is 1. The molecule has 0 fully saturated rings. The zero-order valence-corrected chi connectivity index (χ0v) is 10.1. The van der Waals surface area contributed by atoms with Gasteiger partial charge in [-0.05, 0) is 12.6 Å². The highest BCUT2D eigenvalue weighted by atomic mass is 16.5. The minimum Gasteiger partial charge on any atom is -0.493 e. The fourth-order valence-corrected chi connectivity index (χ4v) is 2.18. The average molecular weight is 238 g/mol. The van der Waals surface area contributed by atoms with Crippen LogP contribution in [0.4, 0.5) is 5.69 Å². The van der Waals surface area contributed by atoms with E-state index < -0.39 is 6.10 Å². The number of hydrogen-bond donors (Lipinski definition) is 3. The van der Waals surface area contributed by atoms with Crippen LogP contribution in [0.2, 0.25) is 0 Å². The molecule has 0 saturated heterocycles. The topological polar surface area (TPSA) is 76.7 Å². The van der Waals surface area contributed by atoms with Crippen molar-refractivity contribution in [2.45, 2.75) is 6.10 Å². The first-order valence-corrected chi connectivity index (χ1v) is 5.59. The van der Waals surface area contributed by atoms with E-state index in [1.165, 1.54) is 0 Å². The van der Waals surface area contributed by atoms with Gasteiger partial charge in [0.25, 0.3) is 0 Å². The van der Waals surface area contributed by atoms with E-state index in [-0.39, 0.29) is 5.92 Å². The van der Waals surface area contributed by atoms with E-state index in [0.29, 0.717) is 24.6 Å². The van der Waals surface area contributed by atoms with E-state index in [2.05, 4.69) is 5.32 Å². The van der Waals surface area contributed by atoms with Crippen LogP contribution in [0.5, 0.6) is 11.5 Å². The lowest BCUT2D eigenvalue weighted by Gasteiger charge is -2.31. The first kappa shape index (κ1) is 12.0. The van der Waals surface area contributed by atoms with Gasteiger partial charge in [-0.3, -0.25) is 0 Å². The fraction of sp³-hybridized carbons (Fsp3) is 0.500. The Hall–Kier alpha value is -1.46. The first-order chi connectivity index (χ1) is 8.22. The molecule has 2 rings (SSSR count). The SMILES string of the molecule is COc1ccc2c(c1OC)NC[C@@H](CN)[C@@H]2O. The Morgan fingerprint density at radius 1 is 1.41 bits per heavy atom. The standard InChI is InChI=1S/C12H18N2O3/c1-16-9-4-3-8-10(12(9)17-2)14-6-7(5-13)11(8)15/h3-4,7,11,14-15H,5-6,13H2,1-2H3/t7-,11+/m1/s1. The van der Waals surface area contributed by atoms with E-state index in [1.807, 2.05) is 6.07 Å². The fourth-order valence-electron chi connectivity index (χ4n) is 2.18. The number of rotatable bonds is 3. The Morgan fingerprint density at radius 2 is 2.18 bits per heavy atom. The molecule has 94 valence electrons. The number of anilines is 1. The van der Waals surface area contributed by atoms with E-state index in [1.54, 1.807) is 20.3 Å². The summed E-state index contributed by atoms with van der Waals surface area (Å²) in [4.78, 5) is 0. The summed E-state index contributed by atoms with van der Waals surface area (Å²) in [6.07, 6.45) is -0.559. The Kier molecular flexibility index (Phi) is 3.40. The van der Waals surface area contributed by atoms with Crippen LogP contribution in [-0.2, 0) is 0 Å². The van der Waals surface area contributed by atoms with Gasteiger partial charge in [-0.25, -0.2) is 0 Å². The molecule has 1 aliphatic heterocycles. The Balaban J connectivity index is 2.47. The highest BCUT2D eigenvalue weighted by Gasteiger charge is 2.30. The van der Waals surface area contributed by atoms with Gasteiger partial charge in [-0.2, -0.15) is 0 Å². The lowest BCUT2D eigenvalue weighted by Crippen LogP contribution is -2.33. The van der Waals surface area contributed by atoms with Crippen LogP contribution < -0.4 is 20.5 Å². The van der Waals surface area contributed by atoms with Gasteiger partial charge in [-0.15, -0.1) is 0 Å². The molecule has 0 aromatic heterocycles. The molecule has 4 N–H and O–H groups in total. The molecule has 17 heavy (non-hydrogen) atoms. The van der Waals surface area contributed by atoms with Crippen molar-refractivity contribution in [2.75, 3.05) is 32.6 Å². The number of aliphatic hydroxyl groups excluding tert-OH is 1. The molecule has 0 bridgehead atoms. The molecule has 1 aromatic rings. The predicted molar refractivity (Wildman–Crippen MR) is 65.5 cm³/mol. The molecular formula is C12H18N2O3. The molecule has 0 aliphatic carbocycles. The van der Waals surface area contributed by atoms with Gasteiger partial charge in [-0.1, -0.05) is 6.07 Å². The molecule has 0 saturated carbocycles. The second kappa shape index (κ2) is 4.81. The number of fused-ring (bicyclic) bond motifs is 1. The maximum Gasteiger partial charge on any atom is 0.184 e. The van der Waals surface area contributed by atoms with Crippen molar-refractivity contribution in [3.63, 3.8) is 0 Å². The lowest BCUT2D eigenvalue weighted by atomic mass is 9.90. The zero-order valence-electron chi connectivity index (χ0n) is 10.1. The molecule has 1 aliphatic rings. The van der Waals surface area contributed by atoms with Gasteiger partial charge in [0.15, 0.2) is 11.5 Å². The van der Waals surface area contributed by atoms with Crippen molar-refractivity contribution in [3.05, 3.63) is 17.7 Å². The summed E-state index contributed by atoms with van der Waals surface area (Å²) in [6, 6.07) is 3.64. The van der Waals surface area contributed by atoms with E-state index in [4.69, 9.17) is 15.2 Å². The average Bonchev–Trinajstić information content (AvgIpc) is 2.37.